The molecule has 3 aromatic heterocycles. The number of anilines is 2. The van der Waals surface area contributed by atoms with Crippen molar-refractivity contribution in [3.05, 3.63) is 97.5 Å². The molecule has 1 aromatic carbocycles. The van der Waals surface area contributed by atoms with E-state index >= 15 is 0 Å². The van der Waals surface area contributed by atoms with Gasteiger partial charge in [-0.05, 0) is 48.5 Å². The Morgan fingerprint density at radius 1 is 0.941 bits per heavy atom. The lowest BCUT2D eigenvalue weighted by Crippen LogP contribution is -2.15. The average Bonchev–Trinajstić information content (AvgIpc) is 2.83. The predicted octanol–water partition coefficient (Wildman–Crippen LogP) is 5.24. The van der Waals surface area contributed by atoms with Crippen LogP contribution in [0.3, 0.4) is 0 Å². The summed E-state index contributed by atoms with van der Waals surface area (Å²) in [5.41, 5.74) is 1.96. The largest absolute Gasteiger partial charge is 0.368 e. The monoisotopic (exact) mass is 496 g/mol. The summed E-state index contributed by atoms with van der Waals surface area (Å²) in [7, 11) is 0. The highest BCUT2D eigenvalue weighted by Gasteiger charge is 2.16. The SMILES string of the molecule is O=c1[nH]cccc1-c1ccc(NCCNc2ccc([N+](=O)[O-])cn2)nc1-c1ccc(Cl)cc1Cl. The van der Waals surface area contributed by atoms with Gasteiger partial charge >= 0.3 is 0 Å². The second kappa shape index (κ2) is 10.3. The molecule has 0 amide bonds. The second-order valence-corrected chi connectivity index (χ2v) is 7.99. The summed E-state index contributed by atoms with van der Waals surface area (Å²) in [6, 6.07) is 15.1. The van der Waals surface area contributed by atoms with Crippen molar-refractivity contribution in [3.63, 3.8) is 0 Å². The van der Waals surface area contributed by atoms with Gasteiger partial charge in [0.2, 0.25) is 0 Å². The lowest BCUT2D eigenvalue weighted by molar-refractivity contribution is -0.385. The number of nitrogens with one attached hydrogen (secondary N) is 3. The maximum atomic E-state index is 12.4. The topological polar surface area (TPSA) is 126 Å². The molecule has 0 saturated heterocycles. The number of rotatable bonds is 8. The van der Waals surface area contributed by atoms with Crippen LogP contribution in [0.25, 0.3) is 22.4 Å². The van der Waals surface area contributed by atoms with Crippen LogP contribution >= 0.6 is 23.2 Å². The van der Waals surface area contributed by atoms with Gasteiger partial charge in [0.25, 0.3) is 11.2 Å². The fourth-order valence-electron chi connectivity index (χ4n) is 3.28. The van der Waals surface area contributed by atoms with Crippen molar-refractivity contribution in [2.24, 2.45) is 0 Å². The van der Waals surface area contributed by atoms with E-state index in [1.807, 2.05) is 6.07 Å². The van der Waals surface area contributed by atoms with Crippen LogP contribution in [0.5, 0.6) is 0 Å². The Bertz CT molecular complexity index is 1390. The summed E-state index contributed by atoms with van der Waals surface area (Å²) in [6.45, 7) is 0.981. The van der Waals surface area contributed by atoms with Gasteiger partial charge in [-0.1, -0.05) is 23.2 Å². The van der Waals surface area contributed by atoms with Gasteiger partial charge in [0.05, 0.1) is 15.6 Å². The van der Waals surface area contributed by atoms with Crippen molar-refractivity contribution in [2.45, 2.75) is 0 Å². The fourth-order valence-corrected chi connectivity index (χ4v) is 3.77. The Hall–Kier alpha value is -3.95. The van der Waals surface area contributed by atoms with Crippen molar-refractivity contribution in [2.75, 3.05) is 23.7 Å². The van der Waals surface area contributed by atoms with Crippen LogP contribution in [0.2, 0.25) is 10.0 Å². The first-order valence-electron chi connectivity index (χ1n) is 10.1. The number of H-pyrrole nitrogens is 1. The normalized spacial score (nSPS) is 10.6. The van der Waals surface area contributed by atoms with Crippen LogP contribution in [0, 0.1) is 10.1 Å². The molecule has 0 atom stereocenters. The Morgan fingerprint density at radius 2 is 1.68 bits per heavy atom. The van der Waals surface area contributed by atoms with Gasteiger partial charge < -0.3 is 15.6 Å². The van der Waals surface area contributed by atoms with E-state index in [9.17, 15) is 14.9 Å². The van der Waals surface area contributed by atoms with Crippen LogP contribution in [-0.2, 0) is 0 Å². The van der Waals surface area contributed by atoms with E-state index in [0.29, 0.717) is 57.2 Å². The quantitative estimate of drug-likeness (QED) is 0.173. The van der Waals surface area contributed by atoms with E-state index in [2.05, 4.69) is 20.6 Å². The zero-order valence-electron chi connectivity index (χ0n) is 17.6. The molecule has 0 aliphatic carbocycles. The minimum absolute atomic E-state index is 0.0707. The lowest BCUT2D eigenvalue weighted by Gasteiger charge is -2.14. The molecule has 34 heavy (non-hydrogen) atoms. The lowest BCUT2D eigenvalue weighted by atomic mass is 10.00. The fraction of sp³-hybridized carbons (Fsp3) is 0.0870. The highest BCUT2D eigenvalue weighted by atomic mass is 35.5. The van der Waals surface area contributed by atoms with E-state index in [1.54, 1.807) is 48.7 Å². The molecule has 0 radical (unpaired) electrons. The minimum atomic E-state index is -0.499. The van der Waals surface area contributed by atoms with E-state index < -0.39 is 4.92 Å². The van der Waals surface area contributed by atoms with Gasteiger partial charge in [0.15, 0.2) is 0 Å². The Balaban J connectivity index is 1.55. The number of aromatic nitrogens is 3. The zero-order valence-corrected chi connectivity index (χ0v) is 19.1. The van der Waals surface area contributed by atoms with Crippen LogP contribution in [-0.4, -0.2) is 33.0 Å². The number of halogens is 2. The van der Waals surface area contributed by atoms with Gasteiger partial charge in [0.1, 0.15) is 17.8 Å². The number of pyridine rings is 3. The Kier molecular flexibility index (Phi) is 7.05. The molecule has 4 aromatic rings. The molecule has 4 rings (SSSR count). The van der Waals surface area contributed by atoms with Crippen LogP contribution in [0.1, 0.15) is 0 Å². The van der Waals surface area contributed by atoms with Crippen molar-refractivity contribution in [1.82, 2.24) is 15.0 Å². The molecule has 0 bridgehead atoms. The highest BCUT2D eigenvalue weighted by molar-refractivity contribution is 6.36. The van der Waals surface area contributed by atoms with E-state index in [0.717, 1.165) is 0 Å². The third-order valence-corrected chi connectivity index (χ3v) is 5.43. The molecule has 0 spiro atoms. The van der Waals surface area contributed by atoms with Crippen molar-refractivity contribution in [1.29, 1.82) is 0 Å². The van der Waals surface area contributed by atoms with Crippen LogP contribution in [0.4, 0.5) is 17.3 Å². The van der Waals surface area contributed by atoms with Crippen LogP contribution < -0.4 is 16.2 Å². The second-order valence-electron chi connectivity index (χ2n) is 7.14. The van der Waals surface area contributed by atoms with Gasteiger partial charge in [-0.25, -0.2) is 9.97 Å². The van der Waals surface area contributed by atoms with Crippen LogP contribution in [0.15, 0.2) is 71.8 Å². The molecule has 3 N–H and O–H groups in total. The first-order chi connectivity index (χ1) is 16.4. The number of aromatic amines is 1. The first kappa shape index (κ1) is 23.2. The average molecular weight is 497 g/mol. The molecule has 9 nitrogen and oxygen atoms in total. The van der Waals surface area contributed by atoms with E-state index in [4.69, 9.17) is 28.2 Å². The molecule has 0 saturated carbocycles. The third-order valence-electron chi connectivity index (χ3n) is 4.89. The first-order valence-corrected chi connectivity index (χ1v) is 10.9. The molecule has 3 heterocycles. The van der Waals surface area contributed by atoms with Crippen molar-refractivity contribution >= 4 is 40.5 Å². The molecular weight excluding hydrogens is 479 g/mol. The number of hydrogen-bond acceptors (Lipinski definition) is 7. The molecule has 0 aliphatic heterocycles. The van der Waals surface area contributed by atoms with Crippen molar-refractivity contribution < 1.29 is 4.92 Å². The summed E-state index contributed by atoms with van der Waals surface area (Å²) < 4.78 is 0. The maximum absolute atomic E-state index is 12.4. The third kappa shape index (κ3) is 5.33. The van der Waals surface area contributed by atoms with E-state index in [-0.39, 0.29) is 11.2 Å². The molecule has 0 unspecified atom stereocenters. The summed E-state index contributed by atoms with van der Waals surface area (Å²) in [6.07, 6.45) is 2.76. The molecule has 0 fully saturated rings. The van der Waals surface area contributed by atoms with Gasteiger partial charge in [-0.2, -0.15) is 0 Å². The van der Waals surface area contributed by atoms with Gasteiger partial charge in [-0.15, -0.1) is 0 Å². The number of nitrogens with zero attached hydrogens (tertiary/aromatic N) is 3. The molecule has 172 valence electrons. The standard InChI is InChI=1S/C23H18Cl2N6O3/c24-14-3-5-18(19(25)12-14)22-16(17-2-1-9-28-23(17)32)6-8-21(30-22)27-11-10-26-20-7-4-15(13-29-20)31(33)34/h1-9,12-13H,10-11H2,(H,26,29)(H,27,30)(H,28,32). The van der Waals surface area contributed by atoms with E-state index in [1.165, 1.54) is 12.3 Å². The molecular formula is C23H18Cl2N6O3. The predicted molar refractivity (Wildman–Crippen MR) is 134 cm³/mol. The minimum Gasteiger partial charge on any atom is -0.368 e. The summed E-state index contributed by atoms with van der Waals surface area (Å²) in [4.78, 5) is 34.1. The summed E-state index contributed by atoms with van der Waals surface area (Å²) in [5.74, 6) is 1.10. The number of hydrogen-bond donors (Lipinski definition) is 3. The zero-order chi connectivity index (χ0) is 24.1. The smallest absolute Gasteiger partial charge is 0.287 e. The van der Waals surface area contributed by atoms with Gasteiger partial charge in [-0.3, -0.25) is 14.9 Å². The van der Waals surface area contributed by atoms with Gasteiger partial charge in [0, 0.05) is 47.1 Å². The Labute approximate surface area is 204 Å². The molecule has 0 aliphatic rings. The number of benzene rings is 1. The number of nitro groups is 1. The summed E-state index contributed by atoms with van der Waals surface area (Å²) >= 11 is 12.5. The summed E-state index contributed by atoms with van der Waals surface area (Å²) in [5, 5.41) is 17.9. The Morgan fingerprint density at radius 3 is 2.35 bits per heavy atom. The van der Waals surface area contributed by atoms with Crippen molar-refractivity contribution in [3.8, 4) is 22.4 Å². The highest BCUT2D eigenvalue weighted by Crippen LogP contribution is 2.35. The molecule has 11 heteroatoms. The maximum Gasteiger partial charge on any atom is 0.287 e.